The van der Waals surface area contributed by atoms with Crippen LogP contribution >= 0.6 is 28.3 Å². The van der Waals surface area contributed by atoms with Crippen molar-refractivity contribution in [1.82, 2.24) is 10.2 Å². The van der Waals surface area contributed by atoms with E-state index >= 15 is 0 Å². The molecule has 0 radical (unpaired) electrons. The molecule has 0 bridgehead atoms. The maximum absolute atomic E-state index is 3.56. The third kappa shape index (κ3) is 4.59. The van der Waals surface area contributed by atoms with Crippen molar-refractivity contribution in [2.75, 3.05) is 13.1 Å². The number of nitrogens with one attached hydrogen (secondary N) is 1. The standard InChI is InChI=1S/C13H19BrN2.ClH/c1-10-7-16(8-11(2)15-10)9-12-4-3-5-13(14)6-12;/h3-6,10-11,15H,7-9H2,1-2H3;1H. The number of piperazine rings is 1. The molecule has 1 saturated heterocycles. The molecule has 96 valence electrons. The van der Waals surface area contributed by atoms with Gasteiger partial charge in [-0.05, 0) is 31.5 Å². The number of hydrogen-bond donors (Lipinski definition) is 1. The van der Waals surface area contributed by atoms with Crippen molar-refractivity contribution in [2.24, 2.45) is 0 Å². The van der Waals surface area contributed by atoms with Crippen molar-refractivity contribution in [3.8, 4) is 0 Å². The average Bonchev–Trinajstić information content (AvgIpc) is 2.15. The van der Waals surface area contributed by atoms with Crippen LogP contribution in [-0.2, 0) is 6.54 Å². The molecule has 0 aliphatic carbocycles. The largest absolute Gasteiger partial charge is 0.309 e. The summed E-state index contributed by atoms with van der Waals surface area (Å²) in [6, 6.07) is 9.77. The summed E-state index contributed by atoms with van der Waals surface area (Å²) in [5.74, 6) is 0. The summed E-state index contributed by atoms with van der Waals surface area (Å²) in [5, 5.41) is 3.56. The van der Waals surface area contributed by atoms with E-state index in [1.807, 2.05) is 0 Å². The van der Waals surface area contributed by atoms with E-state index in [0.717, 1.165) is 19.6 Å². The zero-order valence-corrected chi connectivity index (χ0v) is 12.7. The lowest BCUT2D eigenvalue weighted by Crippen LogP contribution is -2.53. The molecule has 0 amide bonds. The van der Waals surface area contributed by atoms with Gasteiger partial charge in [0.2, 0.25) is 0 Å². The highest BCUT2D eigenvalue weighted by atomic mass is 79.9. The molecule has 0 aromatic heterocycles. The van der Waals surface area contributed by atoms with Crippen molar-refractivity contribution in [2.45, 2.75) is 32.5 Å². The molecule has 2 nitrogen and oxygen atoms in total. The molecule has 1 aliphatic heterocycles. The van der Waals surface area contributed by atoms with Gasteiger partial charge in [0.25, 0.3) is 0 Å². The Bertz CT molecular complexity index is 349. The van der Waals surface area contributed by atoms with Crippen molar-refractivity contribution in [1.29, 1.82) is 0 Å². The van der Waals surface area contributed by atoms with Gasteiger partial charge in [-0.25, -0.2) is 0 Å². The second kappa shape index (κ2) is 6.74. The van der Waals surface area contributed by atoms with Gasteiger partial charge in [-0.2, -0.15) is 0 Å². The highest BCUT2D eigenvalue weighted by molar-refractivity contribution is 9.10. The van der Waals surface area contributed by atoms with Crippen molar-refractivity contribution >= 4 is 28.3 Å². The Hall–Kier alpha value is -0.0900. The molecule has 1 fully saturated rings. The molecule has 2 rings (SSSR count). The Morgan fingerprint density at radius 2 is 1.94 bits per heavy atom. The molecule has 1 aliphatic rings. The second-order valence-corrected chi connectivity index (χ2v) is 5.71. The Morgan fingerprint density at radius 3 is 2.53 bits per heavy atom. The van der Waals surface area contributed by atoms with Gasteiger partial charge in [0.05, 0.1) is 0 Å². The zero-order chi connectivity index (χ0) is 11.5. The van der Waals surface area contributed by atoms with Gasteiger partial charge in [-0.3, -0.25) is 4.90 Å². The molecule has 4 heteroatoms. The minimum atomic E-state index is 0. The maximum Gasteiger partial charge on any atom is 0.0235 e. The van der Waals surface area contributed by atoms with Gasteiger partial charge in [-0.15, -0.1) is 12.4 Å². The summed E-state index contributed by atoms with van der Waals surface area (Å²) in [6.07, 6.45) is 0. The van der Waals surface area contributed by atoms with Crippen molar-refractivity contribution in [3.63, 3.8) is 0 Å². The fraction of sp³-hybridized carbons (Fsp3) is 0.538. The molecule has 1 heterocycles. The van der Waals surface area contributed by atoms with E-state index in [1.165, 1.54) is 10.0 Å². The van der Waals surface area contributed by atoms with Crippen LogP contribution < -0.4 is 5.32 Å². The lowest BCUT2D eigenvalue weighted by molar-refractivity contribution is 0.166. The van der Waals surface area contributed by atoms with Crippen LogP contribution in [0.25, 0.3) is 0 Å². The van der Waals surface area contributed by atoms with Crippen LogP contribution in [0.2, 0.25) is 0 Å². The zero-order valence-electron chi connectivity index (χ0n) is 10.3. The van der Waals surface area contributed by atoms with Gasteiger partial charge >= 0.3 is 0 Å². The van der Waals surface area contributed by atoms with E-state index in [1.54, 1.807) is 0 Å². The lowest BCUT2D eigenvalue weighted by atomic mass is 10.1. The van der Waals surface area contributed by atoms with Gasteiger partial charge in [0.15, 0.2) is 0 Å². The first kappa shape index (κ1) is 15.0. The second-order valence-electron chi connectivity index (χ2n) is 4.79. The molecule has 0 saturated carbocycles. The van der Waals surface area contributed by atoms with Crippen LogP contribution in [0.5, 0.6) is 0 Å². The van der Waals surface area contributed by atoms with E-state index in [2.05, 4.69) is 64.3 Å². The first-order chi connectivity index (χ1) is 7.63. The van der Waals surface area contributed by atoms with Crippen LogP contribution in [0.3, 0.4) is 0 Å². The molecule has 0 spiro atoms. The van der Waals surface area contributed by atoms with E-state index in [4.69, 9.17) is 0 Å². The monoisotopic (exact) mass is 318 g/mol. The quantitative estimate of drug-likeness (QED) is 0.901. The Labute approximate surface area is 118 Å². The molecule has 2 atom stereocenters. The molecule has 1 N–H and O–H groups in total. The smallest absolute Gasteiger partial charge is 0.0235 e. The predicted octanol–water partition coefficient (Wildman–Crippen LogP) is 3.05. The number of rotatable bonds is 2. The summed E-state index contributed by atoms with van der Waals surface area (Å²) in [4.78, 5) is 2.52. The first-order valence-corrected chi connectivity index (χ1v) is 6.65. The van der Waals surface area contributed by atoms with Crippen molar-refractivity contribution in [3.05, 3.63) is 34.3 Å². The Kier molecular flexibility index (Phi) is 5.93. The number of halogens is 2. The number of hydrogen-bond acceptors (Lipinski definition) is 2. The van der Waals surface area contributed by atoms with Crippen LogP contribution in [0, 0.1) is 0 Å². The lowest BCUT2D eigenvalue weighted by Gasteiger charge is -2.36. The first-order valence-electron chi connectivity index (χ1n) is 5.86. The molecule has 1 aromatic carbocycles. The van der Waals surface area contributed by atoms with Crippen LogP contribution in [0.4, 0.5) is 0 Å². The predicted molar refractivity (Wildman–Crippen MR) is 78.7 cm³/mol. The highest BCUT2D eigenvalue weighted by Gasteiger charge is 2.20. The third-order valence-electron chi connectivity index (χ3n) is 2.93. The fourth-order valence-electron chi connectivity index (χ4n) is 2.46. The highest BCUT2D eigenvalue weighted by Crippen LogP contribution is 2.15. The van der Waals surface area contributed by atoms with E-state index in [0.29, 0.717) is 12.1 Å². The molecule has 1 aromatic rings. The van der Waals surface area contributed by atoms with Crippen LogP contribution in [-0.4, -0.2) is 30.1 Å². The van der Waals surface area contributed by atoms with Crippen LogP contribution in [0.15, 0.2) is 28.7 Å². The summed E-state index contributed by atoms with van der Waals surface area (Å²) in [5.41, 5.74) is 1.38. The topological polar surface area (TPSA) is 15.3 Å². The third-order valence-corrected chi connectivity index (χ3v) is 3.42. The van der Waals surface area contributed by atoms with Gasteiger partial charge in [0.1, 0.15) is 0 Å². The molecule has 2 unspecified atom stereocenters. The average molecular weight is 320 g/mol. The van der Waals surface area contributed by atoms with E-state index < -0.39 is 0 Å². The Morgan fingerprint density at radius 1 is 1.29 bits per heavy atom. The van der Waals surface area contributed by atoms with E-state index in [9.17, 15) is 0 Å². The van der Waals surface area contributed by atoms with Gasteiger partial charge in [-0.1, -0.05) is 28.1 Å². The van der Waals surface area contributed by atoms with E-state index in [-0.39, 0.29) is 12.4 Å². The molecular weight excluding hydrogens is 300 g/mol. The minimum Gasteiger partial charge on any atom is -0.309 e. The summed E-state index contributed by atoms with van der Waals surface area (Å²) in [7, 11) is 0. The SMILES string of the molecule is CC1CN(Cc2cccc(Br)c2)CC(C)N1.Cl. The number of benzene rings is 1. The minimum absolute atomic E-state index is 0. The van der Waals surface area contributed by atoms with Gasteiger partial charge in [0, 0.05) is 36.2 Å². The molecule has 17 heavy (non-hydrogen) atoms. The normalized spacial score (nSPS) is 25.4. The summed E-state index contributed by atoms with van der Waals surface area (Å²) < 4.78 is 1.17. The summed E-state index contributed by atoms with van der Waals surface area (Å²) >= 11 is 3.52. The fourth-order valence-corrected chi connectivity index (χ4v) is 2.91. The van der Waals surface area contributed by atoms with Crippen LogP contribution in [0.1, 0.15) is 19.4 Å². The Balaban J connectivity index is 0.00000144. The maximum atomic E-state index is 3.56. The molecular formula is C13H20BrClN2. The summed E-state index contributed by atoms with van der Waals surface area (Å²) in [6.45, 7) is 7.83. The number of nitrogens with zero attached hydrogens (tertiary/aromatic N) is 1. The van der Waals surface area contributed by atoms with Crippen molar-refractivity contribution < 1.29 is 0 Å². The van der Waals surface area contributed by atoms with Gasteiger partial charge < -0.3 is 5.32 Å².